The van der Waals surface area contributed by atoms with E-state index in [9.17, 15) is 4.79 Å². The quantitative estimate of drug-likeness (QED) is 0.421. The number of benzene rings is 1. The summed E-state index contributed by atoms with van der Waals surface area (Å²) in [5, 5.41) is 9.90. The Morgan fingerprint density at radius 3 is 2.89 bits per heavy atom. The zero-order valence-corrected chi connectivity index (χ0v) is 16.4. The van der Waals surface area contributed by atoms with Gasteiger partial charge in [0, 0.05) is 17.9 Å². The van der Waals surface area contributed by atoms with Crippen LogP contribution in [0.4, 0.5) is 0 Å². The lowest BCUT2D eigenvalue weighted by atomic mass is 10.2. The Morgan fingerprint density at radius 1 is 1.37 bits per heavy atom. The van der Waals surface area contributed by atoms with Crippen LogP contribution >= 0.6 is 24.0 Å². The molecule has 0 fully saturated rings. The van der Waals surface area contributed by atoms with Gasteiger partial charge in [0.05, 0.1) is 19.1 Å². The van der Waals surface area contributed by atoms with E-state index in [0.29, 0.717) is 17.1 Å². The molecular formula is C18H20N4O3S2. The number of aromatic amines is 1. The maximum Gasteiger partial charge on any atom is 0.240 e. The number of H-pyrrole nitrogens is 1. The predicted octanol–water partition coefficient (Wildman–Crippen LogP) is 3.26. The topological polar surface area (TPSA) is 85.1 Å². The summed E-state index contributed by atoms with van der Waals surface area (Å²) in [5.74, 6) is 3.78. The summed E-state index contributed by atoms with van der Waals surface area (Å²) in [6, 6.07) is 11.2. The highest BCUT2D eigenvalue weighted by Crippen LogP contribution is 2.20. The fraction of sp³-hybridized carbons (Fsp3) is 0.278. The molecule has 27 heavy (non-hydrogen) atoms. The fourth-order valence-corrected chi connectivity index (χ4v) is 3.41. The molecule has 0 unspecified atom stereocenters. The van der Waals surface area contributed by atoms with Crippen molar-refractivity contribution in [3.63, 3.8) is 0 Å². The van der Waals surface area contributed by atoms with Crippen molar-refractivity contribution in [2.24, 2.45) is 0 Å². The number of carbonyl (C=O) groups is 1. The third-order valence-corrected chi connectivity index (χ3v) is 5.09. The molecule has 2 N–H and O–H groups in total. The number of nitrogens with one attached hydrogen (secondary N) is 2. The Bertz CT molecular complexity index is 917. The van der Waals surface area contributed by atoms with E-state index in [1.807, 2.05) is 36.4 Å². The highest BCUT2D eigenvalue weighted by Gasteiger charge is 2.12. The molecule has 3 rings (SSSR count). The molecule has 7 nitrogen and oxygen atoms in total. The predicted molar refractivity (Wildman–Crippen MR) is 107 cm³/mol. The number of amides is 1. The lowest BCUT2D eigenvalue weighted by Crippen LogP contribution is -2.29. The van der Waals surface area contributed by atoms with Gasteiger partial charge in [-0.3, -0.25) is 14.5 Å². The third-order valence-electron chi connectivity index (χ3n) is 3.80. The molecule has 142 valence electrons. The minimum absolute atomic E-state index is 0.110. The molecule has 2 aromatic heterocycles. The maximum absolute atomic E-state index is 12.3. The van der Waals surface area contributed by atoms with Gasteiger partial charge in [-0.15, -0.1) is 0 Å². The van der Waals surface area contributed by atoms with Crippen LogP contribution in [-0.2, 0) is 17.1 Å². The van der Waals surface area contributed by atoms with Crippen molar-refractivity contribution in [2.45, 2.75) is 12.3 Å². The van der Waals surface area contributed by atoms with Crippen LogP contribution in [-0.4, -0.2) is 40.1 Å². The monoisotopic (exact) mass is 404 g/mol. The molecule has 9 heteroatoms. The second-order valence-corrected chi connectivity index (χ2v) is 7.14. The van der Waals surface area contributed by atoms with Gasteiger partial charge in [-0.2, -0.15) is 16.9 Å². The molecular weight excluding hydrogens is 384 g/mol. The Kier molecular flexibility index (Phi) is 6.72. The summed E-state index contributed by atoms with van der Waals surface area (Å²) in [5.41, 5.74) is 0.852. The van der Waals surface area contributed by atoms with E-state index in [1.54, 1.807) is 29.7 Å². The molecule has 0 aliphatic carbocycles. The van der Waals surface area contributed by atoms with Gasteiger partial charge in [-0.1, -0.05) is 0 Å². The van der Waals surface area contributed by atoms with Crippen LogP contribution in [0.2, 0.25) is 0 Å². The lowest BCUT2D eigenvalue weighted by molar-refractivity contribution is -0.121. The molecule has 0 spiro atoms. The van der Waals surface area contributed by atoms with Gasteiger partial charge in [0.25, 0.3) is 0 Å². The van der Waals surface area contributed by atoms with Crippen LogP contribution in [0.25, 0.3) is 11.4 Å². The summed E-state index contributed by atoms with van der Waals surface area (Å²) in [7, 11) is 1.61. The number of furan rings is 1. The van der Waals surface area contributed by atoms with Crippen molar-refractivity contribution >= 4 is 29.9 Å². The smallest absolute Gasteiger partial charge is 0.240 e. The largest absolute Gasteiger partial charge is 0.497 e. The van der Waals surface area contributed by atoms with Gasteiger partial charge in [-0.25, -0.2) is 0 Å². The van der Waals surface area contributed by atoms with E-state index < -0.39 is 0 Å². The molecule has 1 amide bonds. The van der Waals surface area contributed by atoms with Crippen LogP contribution in [0.5, 0.6) is 5.75 Å². The second-order valence-electron chi connectivity index (χ2n) is 5.65. The van der Waals surface area contributed by atoms with E-state index in [2.05, 4.69) is 15.5 Å². The number of ether oxygens (including phenoxy) is 1. The van der Waals surface area contributed by atoms with Crippen LogP contribution in [0.15, 0.2) is 47.1 Å². The van der Waals surface area contributed by atoms with E-state index in [-0.39, 0.29) is 12.5 Å². The van der Waals surface area contributed by atoms with Gasteiger partial charge in [0.1, 0.15) is 18.1 Å². The summed E-state index contributed by atoms with van der Waals surface area (Å²) >= 11 is 6.97. The highest BCUT2D eigenvalue weighted by molar-refractivity contribution is 7.98. The molecule has 0 bridgehead atoms. The number of methoxy groups -OCH3 is 1. The van der Waals surface area contributed by atoms with E-state index in [4.69, 9.17) is 21.4 Å². The van der Waals surface area contributed by atoms with Crippen molar-refractivity contribution in [3.05, 3.63) is 53.2 Å². The van der Waals surface area contributed by atoms with Gasteiger partial charge in [0.15, 0.2) is 10.6 Å². The van der Waals surface area contributed by atoms with Gasteiger partial charge < -0.3 is 14.5 Å². The minimum atomic E-state index is -0.110. The number of carbonyl (C=O) groups excluding carboxylic acids is 1. The first-order valence-corrected chi connectivity index (χ1v) is 9.90. The van der Waals surface area contributed by atoms with Crippen LogP contribution < -0.4 is 10.1 Å². The van der Waals surface area contributed by atoms with Gasteiger partial charge >= 0.3 is 0 Å². The standard InChI is InChI=1S/C18H20N4O3S2/c1-24-14-6-4-13(5-7-14)17-20-21-18(26)22(17)11-16(23)19-8-10-27-12-15-3-2-9-25-15/h2-7,9H,8,10-12H2,1H3,(H,19,23)(H,21,26). The van der Waals surface area contributed by atoms with E-state index >= 15 is 0 Å². The molecule has 0 radical (unpaired) electrons. The summed E-state index contributed by atoms with van der Waals surface area (Å²) in [6.45, 7) is 0.687. The fourth-order valence-electron chi connectivity index (χ4n) is 2.45. The number of aromatic nitrogens is 3. The van der Waals surface area contributed by atoms with Crippen LogP contribution in [0, 0.1) is 4.77 Å². The Hall–Kier alpha value is -2.52. The number of hydrogen-bond acceptors (Lipinski definition) is 6. The maximum atomic E-state index is 12.3. The second kappa shape index (κ2) is 9.43. The summed E-state index contributed by atoms with van der Waals surface area (Å²) < 4.78 is 12.5. The molecule has 2 heterocycles. The van der Waals surface area contributed by atoms with Crippen LogP contribution in [0.3, 0.4) is 0 Å². The van der Waals surface area contributed by atoms with Crippen molar-refractivity contribution < 1.29 is 13.9 Å². The number of thioether (sulfide) groups is 1. The molecule has 0 aliphatic heterocycles. The zero-order chi connectivity index (χ0) is 19.1. The van der Waals surface area contributed by atoms with Crippen LogP contribution in [0.1, 0.15) is 5.76 Å². The summed E-state index contributed by atoms with van der Waals surface area (Å²) in [4.78, 5) is 12.3. The van der Waals surface area contributed by atoms with Crippen molar-refractivity contribution in [1.82, 2.24) is 20.1 Å². The molecule has 0 atom stereocenters. The number of nitrogens with zero attached hydrogens (tertiary/aromatic N) is 2. The number of rotatable bonds is 9. The van der Waals surface area contributed by atoms with Crippen molar-refractivity contribution in [2.75, 3.05) is 19.4 Å². The summed E-state index contributed by atoms with van der Waals surface area (Å²) in [6.07, 6.45) is 1.66. The zero-order valence-electron chi connectivity index (χ0n) is 14.8. The van der Waals surface area contributed by atoms with E-state index in [1.165, 1.54) is 0 Å². The minimum Gasteiger partial charge on any atom is -0.497 e. The lowest BCUT2D eigenvalue weighted by Gasteiger charge is -2.08. The Balaban J connectivity index is 1.53. The molecule has 0 aliphatic rings. The van der Waals surface area contributed by atoms with Crippen molar-refractivity contribution in [3.8, 4) is 17.1 Å². The first kappa shape index (κ1) is 19.2. The normalized spacial score (nSPS) is 10.7. The molecule has 1 aromatic carbocycles. The Morgan fingerprint density at radius 2 is 2.19 bits per heavy atom. The molecule has 0 saturated heterocycles. The molecule has 0 saturated carbocycles. The third kappa shape index (κ3) is 5.24. The van der Waals surface area contributed by atoms with E-state index in [0.717, 1.165) is 28.6 Å². The number of hydrogen-bond donors (Lipinski definition) is 2. The average Bonchev–Trinajstić information content (AvgIpc) is 3.32. The first-order valence-electron chi connectivity index (χ1n) is 8.34. The van der Waals surface area contributed by atoms with Gasteiger partial charge in [-0.05, 0) is 48.6 Å². The Labute approximate surface area is 166 Å². The highest BCUT2D eigenvalue weighted by atomic mass is 32.2. The van der Waals surface area contributed by atoms with Gasteiger partial charge in [0.2, 0.25) is 5.91 Å². The van der Waals surface area contributed by atoms with Crippen molar-refractivity contribution in [1.29, 1.82) is 0 Å². The molecule has 3 aromatic rings. The SMILES string of the molecule is COc1ccc(-c2n[nH]c(=S)n2CC(=O)NCCSCc2ccco2)cc1. The average molecular weight is 405 g/mol. The first-order chi connectivity index (χ1) is 13.2.